The molecule has 0 aliphatic heterocycles. The number of hydrogen-bond donors (Lipinski definition) is 2. The van der Waals surface area contributed by atoms with Crippen LogP contribution < -0.4 is 0 Å². The number of carbonyl (C=O) groups is 2. The first-order valence-electron chi connectivity index (χ1n) is 6.29. The van der Waals surface area contributed by atoms with Gasteiger partial charge in [-0.2, -0.15) is 0 Å². The largest absolute Gasteiger partial charge is 0.508 e. The molecule has 1 atom stereocenters. The van der Waals surface area contributed by atoms with E-state index in [2.05, 4.69) is 0 Å². The molecule has 21 heavy (non-hydrogen) atoms. The van der Waals surface area contributed by atoms with Crippen molar-refractivity contribution in [3.05, 3.63) is 29.8 Å². The third-order valence-electron chi connectivity index (χ3n) is 2.49. The Morgan fingerprint density at radius 1 is 1.29 bits per heavy atom. The van der Waals surface area contributed by atoms with E-state index in [1.807, 2.05) is 0 Å². The van der Waals surface area contributed by atoms with Gasteiger partial charge in [-0.3, -0.25) is 0 Å². The van der Waals surface area contributed by atoms with E-state index >= 15 is 0 Å². The normalized spacial score (nSPS) is 12.6. The minimum absolute atomic E-state index is 0.101. The summed E-state index contributed by atoms with van der Waals surface area (Å²) in [5.74, 6) is -1.02. The maximum atomic E-state index is 11.9. The van der Waals surface area contributed by atoms with Gasteiger partial charge >= 0.3 is 12.1 Å². The number of phenols is 1. The van der Waals surface area contributed by atoms with Gasteiger partial charge in [-0.05, 0) is 38.5 Å². The third kappa shape index (κ3) is 5.78. The molecule has 0 fully saturated rings. The Balaban J connectivity index is 2.83. The fourth-order valence-electron chi connectivity index (χ4n) is 1.55. The Hall–Kier alpha value is -1.51. The SMILES string of the molecule is CC(C)(C)OC(=O)N(I)C(Cc1ccc(O)cc1)C(=O)O. The highest BCUT2D eigenvalue weighted by Gasteiger charge is 2.31. The molecule has 0 radical (unpaired) electrons. The Morgan fingerprint density at radius 2 is 1.81 bits per heavy atom. The molecule has 0 aromatic heterocycles. The van der Waals surface area contributed by atoms with Crippen molar-refractivity contribution in [2.24, 2.45) is 0 Å². The second-order valence-electron chi connectivity index (χ2n) is 5.52. The van der Waals surface area contributed by atoms with Crippen LogP contribution in [0.2, 0.25) is 0 Å². The van der Waals surface area contributed by atoms with Crippen molar-refractivity contribution in [1.82, 2.24) is 3.11 Å². The van der Waals surface area contributed by atoms with E-state index < -0.39 is 23.7 Å². The average Bonchev–Trinajstić information content (AvgIpc) is 2.34. The lowest BCUT2D eigenvalue weighted by atomic mass is 10.1. The van der Waals surface area contributed by atoms with E-state index in [-0.39, 0.29) is 12.2 Å². The highest BCUT2D eigenvalue weighted by Crippen LogP contribution is 2.19. The highest BCUT2D eigenvalue weighted by atomic mass is 127. The molecule has 6 nitrogen and oxygen atoms in total. The van der Waals surface area contributed by atoms with Gasteiger partial charge in [-0.15, -0.1) is 0 Å². The van der Waals surface area contributed by atoms with E-state index in [1.165, 1.54) is 12.1 Å². The zero-order chi connectivity index (χ0) is 16.2. The van der Waals surface area contributed by atoms with E-state index in [0.717, 1.165) is 3.11 Å². The Labute approximate surface area is 137 Å². The number of hydrogen-bond acceptors (Lipinski definition) is 4. The van der Waals surface area contributed by atoms with Crippen LogP contribution in [0.15, 0.2) is 24.3 Å². The quantitative estimate of drug-likeness (QED) is 0.592. The van der Waals surface area contributed by atoms with Gasteiger partial charge in [0.1, 0.15) is 17.4 Å². The Kier molecular flexibility index (Phi) is 5.82. The van der Waals surface area contributed by atoms with E-state index in [4.69, 9.17) is 4.74 Å². The van der Waals surface area contributed by atoms with E-state index in [9.17, 15) is 19.8 Å². The standard InChI is InChI=1S/C14H18INO5/c1-14(2,3)21-13(20)16(15)11(12(18)19)8-9-4-6-10(17)7-5-9/h4-7,11,17H,8H2,1-3H3,(H,18,19). The molecule has 0 bridgehead atoms. The van der Waals surface area contributed by atoms with Crippen molar-refractivity contribution >= 4 is 34.9 Å². The minimum Gasteiger partial charge on any atom is -0.508 e. The van der Waals surface area contributed by atoms with Crippen LogP contribution in [0.3, 0.4) is 0 Å². The molecule has 1 amide bonds. The number of aliphatic carboxylic acids is 1. The first-order chi connectivity index (χ1) is 9.60. The molecule has 0 saturated heterocycles. The molecule has 0 heterocycles. The molecule has 0 saturated carbocycles. The molecule has 0 aliphatic carbocycles. The molecule has 1 unspecified atom stereocenters. The summed E-state index contributed by atoms with van der Waals surface area (Å²) in [4.78, 5) is 23.3. The van der Waals surface area contributed by atoms with Crippen LogP contribution in [-0.4, -0.2) is 37.0 Å². The first kappa shape index (κ1) is 17.5. The third-order valence-corrected chi connectivity index (χ3v) is 3.56. The van der Waals surface area contributed by atoms with Crippen LogP contribution in [0.5, 0.6) is 5.75 Å². The van der Waals surface area contributed by atoms with Gasteiger partial charge in [0.15, 0.2) is 0 Å². The smallest absolute Gasteiger partial charge is 0.419 e. The molecular formula is C14H18INO5. The number of carboxylic acids is 1. The molecule has 2 N–H and O–H groups in total. The van der Waals surface area contributed by atoms with Crippen LogP contribution in [0, 0.1) is 0 Å². The van der Waals surface area contributed by atoms with Crippen LogP contribution in [0.1, 0.15) is 26.3 Å². The molecule has 1 aromatic rings. The number of carboxylic acid groups (broad SMARTS) is 1. The second kappa shape index (κ2) is 6.97. The van der Waals surface area contributed by atoms with Crippen molar-refractivity contribution in [2.45, 2.75) is 38.8 Å². The average molecular weight is 407 g/mol. The van der Waals surface area contributed by atoms with Gasteiger partial charge in [-0.1, -0.05) is 12.1 Å². The number of amides is 1. The van der Waals surface area contributed by atoms with Crippen LogP contribution in [0.25, 0.3) is 0 Å². The molecule has 0 spiro atoms. The lowest BCUT2D eigenvalue weighted by Crippen LogP contribution is -2.42. The van der Waals surface area contributed by atoms with Gasteiger partial charge < -0.3 is 14.9 Å². The number of ether oxygens (including phenoxy) is 1. The lowest BCUT2D eigenvalue weighted by molar-refractivity contribution is -0.140. The molecule has 0 aliphatic rings. The van der Waals surface area contributed by atoms with Crippen molar-refractivity contribution in [2.75, 3.05) is 0 Å². The molecule has 7 heteroatoms. The van der Waals surface area contributed by atoms with Gasteiger partial charge in [-0.25, -0.2) is 12.7 Å². The molecule has 1 rings (SSSR count). The fraction of sp³-hybridized carbons (Fsp3) is 0.429. The zero-order valence-corrected chi connectivity index (χ0v) is 14.2. The van der Waals surface area contributed by atoms with Gasteiger partial charge in [0.25, 0.3) is 0 Å². The minimum atomic E-state index is -1.12. The summed E-state index contributed by atoms with van der Waals surface area (Å²) in [5, 5.41) is 18.5. The summed E-state index contributed by atoms with van der Waals surface area (Å²) in [5.41, 5.74) is 0.00710. The van der Waals surface area contributed by atoms with Gasteiger partial charge in [0.2, 0.25) is 0 Å². The topological polar surface area (TPSA) is 87.1 Å². The van der Waals surface area contributed by atoms with Gasteiger partial charge in [0, 0.05) is 6.42 Å². The molecule has 116 valence electrons. The van der Waals surface area contributed by atoms with Gasteiger partial charge in [0.05, 0.1) is 22.9 Å². The summed E-state index contributed by atoms with van der Waals surface area (Å²) in [7, 11) is 0. The lowest BCUT2D eigenvalue weighted by Gasteiger charge is -2.27. The second-order valence-corrected chi connectivity index (χ2v) is 6.56. The van der Waals surface area contributed by atoms with Crippen LogP contribution in [0.4, 0.5) is 4.79 Å². The molecular weight excluding hydrogens is 389 g/mol. The Bertz CT molecular complexity index is 509. The maximum absolute atomic E-state index is 11.9. The number of halogens is 1. The van der Waals surface area contributed by atoms with Crippen molar-refractivity contribution < 1.29 is 24.5 Å². The number of nitrogens with zero attached hydrogens (tertiary/aromatic N) is 1. The van der Waals surface area contributed by atoms with Crippen molar-refractivity contribution in [3.8, 4) is 5.75 Å². The van der Waals surface area contributed by atoms with E-state index in [0.29, 0.717) is 5.56 Å². The summed E-state index contributed by atoms with van der Waals surface area (Å²) in [6.45, 7) is 5.14. The predicted octanol–water partition coefficient (Wildman–Crippen LogP) is 2.98. The molecule has 1 aromatic carbocycles. The zero-order valence-electron chi connectivity index (χ0n) is 12.0. The Morgan fingerprint density at radius 3 is 2.24 bits per heavy atom. The van der Waals surface area contributed by atoms with Crippen LogP contribution >= 0.6 is 22.9 Å². The first-order valence-corrected chi connectivity index (χ1v) is 7.25. The monoisotopic (exact) mass is 407 g/mol. The maximum Gasteiger partial charge on any atom is 0.419 e. The van der Waals surface area contributed by atoms with E-state index in [1.54, 1.807) is 55.8 Å². The number of phenolic OH excluding ortho intramolecular Hbond substituents is 1. The van der Waals surface area contributed by atoms with Crippen molar-refractivity contribution in [3.63, 3.8) is 0 Å². The summed E-state index contributed by atoms with van der Waals surface area (Å²) < 4.78 is 6.20. The number of carbonyl (C=O) groups excluding carboxylic acids is 1. The summed E-state index contributed by atoms with van der Waals surface area (Å²) in [6, 6.07) is 5.12. The summed E-state index contributed by atoms with van der Waals surface area (Å²) >= 11 is 1.65. The van der Waals surface area contributed by atoms with Crippen LogP contribution in [-0.2, 0) is 16.0 Å². The number of aromatic hydroxyl groups is 1. The van der Waals surface area contributed by atoms with Crippen molar-refractivity contribution in [1.29, 1.82) is 0 Å². The predicted molar refractivity (Wildman–Crippen MR) is 85.3 cm³/mol. The summed E-state index contributed by atoms with van der Waals surface area (Å²) in [6.07, 6.45) is -0.577. The number of rotatable bonds is 4. The highest BCUT2D eigenvalue weighted by molar-refractivity contribution is 14.1. The fourth-order valence-corrected chi connectivity index (χ4v) is 2.09. The number of benzene rings is 1.